The average Bonchev–Trinajstić information content (AvgIpc) is 2.46. The first-order valence-electron chi connectivity index (χ1n) is 6.73. The van der Waals surface area contributed by atoms with Crippen molar-refractivity contribution in [2.45, 2.75) is 25.8 Å². The third-order valence-corrected chi connectivity index (χ3v) is 3.83. The Bertz CT molecular complexity index is 421. The SMILES string of the molecule is CCN1CCC(N(C)c2cnc(C(=N)N)cn2)CC1. The second-order valence-corrected chi connectivity index (χ2v) is 4.95. The zero-order chi connectivity index (χ0) is 13.8. The predicted molar refractivity (Wildman–Crippen MR) is 76.6 cm³/mol. The van der Waals surface area contributed by atoms with Gasteiger partial charge in [0.2, 0.25) is 0 Å². The van der Waals surface area contributed by atoms with E-state index < -0.39 is 0 Å². The van der Waals surface area contributed by atoms with Gasteiger partial charge in [0.05, 0.1) is 12.4 Å². The van der Waals surface area contributed by atoms with Crippen LogP contribution >= 0.6 is 0 Å². The summed E-state index contributed by atoms with van der Waals surface area (Å²) >= 11 is 0. The van der Waals surface area contributed by atoms with Crippen molar-refractivity contribution in [1.82, 2.24) is 14.9 Å². The fraction of sp³-hybridized carbons (Fsp3) is 0.615. The first-order valence-corrected chi connectivity index (χ1v) is 6.73. The molecule has 6 heteroatoms. The minimum atomic E-state index is -0.0436. The molecule has 0 unspecified atom stereocenters. The number of piperidine rings is 1. The lowest BCUT2D eigenvalue weighted by Crippen LogP contribution is -2.43. The molecule has 0 bridgehead atoms. The van der Waals surface area contributed by atoms with Gasteiger partial charge in [0.15, 0.2) is 0 Å². The lowest BCUT2D eigenvalue weighted by atomic mass is 10.0. The van der Waals surface area contributed by atoms with Gasteiger partial charge in [-0.2, -0.15) is 0 Å². The van der Waals surface area contributed by atoms with Crippen LogP contribution in [0.3, 0.4) is 0 Å². The van der Waals surface area contributed by atoms with E-state index in [2.05, 4.69) is 33.7 Å². The maximum Gasteiger partial charge on any atom is 0.147 e. The Morgan fingerprint density at radius 2 is 2.11 bits per heavy atom. The summed E-state index contributed by atoms with van der Waals surface area (Å²) in [6.45, 7) is 5.62. The van der Waals surface area contributed by atoms with Crippen molar-refractivity contribution in [3.63, 3.8) is 0 Å². The molecule has 0 radical (unpaired) electrons. The van der Waals surface area contributed by atoms with Crippen LogP contribution in [0.5, 0.6) is 0 Å². The van der Waals surface area contributed by atoms with Gasteiger partial charge in [0, 0.05) is 26.2 Å². The third kappa shape index (κ3) is 3.20. The largest absolute Gasteiger partial charge is 0.382 e. The molecule has 104 valence electrons. The number of hydrogen-bond donors (Lipinski definition) is 2. The van der Waals surface area contributed by atoms with Crippen molar-refractivity contribution in [3.8, 4) is 0 Å². The Hall–Kier alpha value is -1.69. The molecule has 2 heterocycles. The highest BCUT2D eigenvalue weighted by atomic mass is 15.2. The summed E-state index contributed by atoms with van der Waals surface area (Å²) in [5, 5.41) is 7.31. The van der Waals surface area contributed by atoms with Crippen LogP contribution in [0.2, 0.25) is 0 Å². The summed E-state index contributed by atoms with van der Waals surface area (Å²) in [6.07, 6.45) is 5.57. The van der Waals surface area contributed by atoms with Crippen LogP contribution in [0, 0.1) is 5.41 Å². The van der Waals surface area contributed by atoms with Gasteiger partial charge in [0.1, 0.15) is 17.3 Å². The predicted octanol–water partition coefficient (Wildman–Crippen LogP) is 0.681. The van der Waals surface area contributed by atoms with Gasteiger partial charge in [0.25, 0.3) is 0 Å². The zero-order valence-corrected chi connectivity index (χ0v) is 11.6. The van der Waals surface area contributed by atoms with E-state index in [9.17, 15) is 0 Å². The molecule has 0 amide bonds. The fourth-order valence-corrected chi connectivity index (χ4v) is 2.45. The van der Waals surface area contributed by atoms with Gasteiger partial charge >= 0.3 is 0 Å². The van der Waals surface area contributed by atoms with Crippen LogP contribution in [0.25, 0.3) is 0 Å². The molecular formula is C13H22N6. The van der Waals surface area contributed by atoms with E-state index >= 15 is 0 Å². The normalized spacial score (nSPS) is 17.4. The summed E-state index contributed by atoms with van der Waals surface area (Å²) in [6, 6.07) is 0.514. The number of likely N-dealkylation sites (tertiary alicyclic amines) is 1. The number of anilines is 1. The Balaban J connectivity index is 1.99. The number of amidine groups is 1. The lowest BCUT2D eigenvalue weighted by molar-refractivity contribution is 0.220. The monoisotopic (exact) mass is 262 g/mol. The van der Waals surface area contributed by atoms with Gasteiger partial charge in [-0.15, -0.1) is 0 Å². The molecule has 0 aliphatic carbocycles. The van der Waals surface area contributed by atoms with Crippen LogP contribution < -0.4 is 10.6 Å². The molecule has 1 aliphatic rings. The van der Waals surface area contributed by atoms with Crippen molar-refractivity contribution < 1.29 is 0 Å². The number of aromatic nitrogens is 2. The number of nitrogens with zero attached hydrogens (tertiary/aromatic N) is 4. The van der Waals surface area contributed by atoms with Gasteiger partial charge in [-0.05, 0) is 19.4 Å². The highest BCUT2D eigenvalue weighted by Crippen LogP contribution is 2.19. The first kappa shape index (κ1) is 13.7. The standard InChI is InChI=1S/C13H22N6/c1-3-19-6-4-10(5-7-19)18(2)12-9-16-11(8-17-12)13(14)15/h8-10H,3-7H2,1-2H3,(H3,14,15). The van der Waals surface area contributed by atoms with Crippen LogP contribution in [0.4, 0.5) is 5.82 Å². The quantitative estimate of drug-likeness (QED) is 0.616. The minimum absolute atomic E-state index is 0.0436. The topological polar surface area (TPSA) is 82.1 Å². The molecular weight excluding hydrogens is 240 g/mol. The Labute approximate surface area is 114 Å². The van der Waals surface area contributed by atoms with E-state index in [0.717, 1.165) is 38.3 Å². The van der Waals surface area contributed by atoms with Gasteiger partial charge < -0.3 is 15.5 Å². The molecule has 3 N–H and O–H groups in total. The second kappa shape index (κ2) is 5.97. The van der Waals surface area contributed by atoms with E-state index in [-0.39, 0.29) is 5.84 Å². The summed E-state index contributed by atoms with van der Waals surface area (Å²) in [5.74, 6) is 0.804. The Morgan fingerprint density at radius 3 is 2.58 bits per heavy atom. The molecule has 0 spiro atoms. The zero-order valence-electron chi connectivity index (χ0n) is 11.6. The molecule has 0 saturated carbocycles. The van der Waals surface area contributed by atoms with Crippen LogP contribution in [-0.4, -0.2) is 53.4 Å². The molecule has 2 rings (SSSR count). The lowest BCUT2D eigenvalue weighted by Gasteiger charge is -2.36. The highest BCUT2D eigenvalue weighted by molar-refractivity contribution is 5.92. The number of rotatable bonds is 4. The van der Waals surface area contributed by atoms with Crippen LogP contribution in [0.15, 0.2) is 12.4 Å². The van der Waals surface area contributed by atoms with E-state index in [4.69, 9.17) is 11.1 Å². The van der Waals surface area contributed by atoms with Crippen molar-refractivity contribution >= 4 is 11.7 Å². The molecule has 1 aliphatic heterocycles. The van der Waals surface area contributed by atoms with Crippen LogP contribution in [-0.2, 0) is 0 Å². The molecule has 0 atom stereocenters. The molecule has 0 aromatic carbocycles. The number of nitrogen functional groups attached to an aromatic ring is 1. The van der Waals surface area contributed by atoms with Gasteiger partial charge in [-0.3, -0.25) is 5.41 Å². The summed E-state index contributed by atoms with van der Waals surface area (Å²) in [4.78, 5) is 13.2. The van der Waals surface area contributed by atoms with Gasteiger partial charge in [-0.25, -0.2) is 9.97 Å². The maximum atomic E-state index is 7.31. The minimum Gasteiger partial charge on any atom is -0.382 e. The van der Waals surface area contributed by atoms with E-state index in [1.54, 1.807) is 12.4 Å². The van der Waals surface area contributed by atoms with Crippen LogP contribution in [0.1, 0.15) is 25.5 Å². The molecule has 6 nitrogen and oxygen atoms in total. The molecule has 1 saturated heterocycles. The first-order chi connectivity index (χ1) is 9.11. The highest BCUT2D eigenvalue weighted by Gasteiger charge is 2.22. The van der Waals surface area contributed by atoms with E-state index in [1.807, 2.05) is 0 Å². The number of nitrogens with one attached hydrogen (secondary N) is 1. The average molecular weight is 262 g/mol. The summed E-state index contributed by atoms with van der Waals surface area (Å²) in [5.41, 5.74) is 5.80. The number of nitrogens with two attached hydrogens (primary N) is 1. The van der Waals surface area contributed by atoms with Crippen molar-refractivity contribution in [2.24, 2.45) is 5.73 Å². The molecule has 19 heavy (non-hydrogen) atoms. The van der Waals surface area contributed by atoms with E-state index in [0.29, 0.717) is 11.7 Å². The smallest absolute Gasteiger partial charge is 0.147 e. The van der Waals surface area contributed by atoms with E-state index in [1.165, 1.54) is 0 Å². The van der Waals surface area contributed by atoms with Crippen molar-refractivity contribution in [1.29, 1.82) is 5.41 Å². The van der Waals surface area contributed by atoms with Crippen molar-refractivity contribution in [3.05, 3.63) is 18.1 Å². The van der Waals surface area contributed by atoms with Gasteiger partial charge in [-0.1, -0.05) is 6.92 Å². The van der Waals surface area contributed by atoms with Crippen molar-refractivity contribution in [2.75, 3.05) is 31.6 Å². The molecule has 1 aromatic rings. The Kier molecular flexibility index (Phi) is 4.31. The summed E-state index contributed by atoms with van der Waals surface area (Å²) in [7, 11) is 2.06. The molecule has 1 fully saturated rings. The number of hydrogen-bond acceptors (Lipinski definition) is 5. The Morgan fingerprint density at radius 1 is 1.42 bits per heavy atom. The fourth-order valence-electron chi connectivity index (χ4n) is 2.45. The maximum absolute atomic E-state index is 7.31. The summed E-state index contributed by atoms with van der Waals surface area (Å²) < 4.78 is 0. The second-order valence-electron chi connectivity index (χ2n) is 4.95. The molecule has 1 aromatic heterocycles. The third-order valence-electron chi connectivity index (χ3n) is 3.83.